The van der Waals surface area contributed by atoms with Crippen molar-refractivity contribution in [2.75, 3.05) is 5.32 Å². The molecule has 17 heavy (non-hydrogen) atoms. The number of nitrogens with zero attached hydrogens (tertiary/aromatic N) is 2. The van der Waals surface area contributed by atoms with Crippen LogP contribution in [0, 0.1) is 0 Å². The molecule has 0 fully saturated rings. The van der Waals surface area contributed by atoms with Crippen molar-refractivity contribution in [3.05, 3.63) is 46.9 Å². The van der Waals surface area contributed by atoms with E-state index in [1.807, 2.05) is 0 Å². The van der Waals surface area contributed by atoms with Crippen LogP contribution in [0.4, 0.5) is 5.82 Å². The highest BCUT2D eigenvalue weighted by atomic mass is 16.3. The number of hydrogen-bond donors (Lipinski definition) is 1. The van der Waals surface area contributed by atoms with Crippen LogP contribution in [-0.2, 0) is 11.3 Å². The zero-order valence-corrected chi connectivity index (χ0v) is 9.21. The molecular weight excluding hydrogens is 222 g/mol. The van der Waals surface area contributed by atoms with E-state index in [4.69, 9.17) is 4.42 Å². The van der Waals surface area contributed by atoms with Gasteiger partial charge in [-0.1, -0.05) is 0 Å². The minimum absolute atomic E-state index is 0.256. The van der Waals surface area contributed by atoms with Crippen LogP contribution in [-0.4, -0.2) is 15.5 Å². The molecule has 0 aliphatic rings. The van der Waals surface area contributed by atoms with Gasteiger partial charge >= 0.3 is 5.69 Å². The molecule has 0 saturated carbocycles. The van der Waals surface area contributed by atoms with E-state index >= 15 is 0 Å². The van der Waals surface area contributed by atoms with Gasteiger partial charge < -0.3 is 9.73 Å². The van der Waals surface area contributed by atoms with Crippen molar-refractivity contribution in [1.29, 1.82) is 0 Å². The Morgan fingerprint density at radius 1 is 1.53 bits per heavy atom. The van der Waals surface area contributed by atoms with Crippen LogP contribution in [0.5, 0.6) is 0 Å². The van der Waals surface area contributed by atoms with Gasteiger partial charge in [0.1, 0.15) is 5.82 Å². The molecule has 88 valence electrons. The lowest BCUT2D eigenvalue weighted by molar-refractivity contribution is -0.114. The normalized spacial score (nSPS) is 10.2. The molecule has 0 radical (unpaired) electrons. The van der Waals surface area contributed by atoms with Gasteiger partial charge in [0.2, 0.25) is 5.91 Å². The first-order valence-electron chi connectivity index (χ1n) is 5.01. The summed E-state index contributed by atoms with van der Waals surface area (Å²) in [6.45, 7) is 1.75. The third kappa shape index (κ3) is 2.81. The van der Waals surface area contributed by atoms with E-state index in [2.05, 4.69) is 10.3 Å². The number of aromatic nitrogens is 2. The summed E-state index contributed by atoms with van der Waals surface area (Å²) < 4.78 is 6.34. The van der Waals surface area contributed by atoms with Crippen molar-refractivity contribution in [2.24, 2.45) is 0 Å². The first-order valence-corrected chi connectivity index (χ1v) is 5.01. The summed E-state index contributed by atoms with van der Waals surface area (Å²) in [5.74, 6) is -0.00423. The van der Waals surface area contributed by atoms with Gasteiger partial charge in [0.05, 0.1) is 19.1 Å². The second-order valence-corrected chi connectivity index (χ2v) is 3.54. The van der Waals surface area contributed by atoms with Gasteiger partial charge in [-0.05, 0) is 12.1 Å². The average molecular weight is 233 g/mol. The zero-order chi connectivity index (χ0) is 12.3. The fraction of sp³-hybridized carbons (Fsp3) is 0.182. The molecular formula is C11H11N3O3. The van der Waals surface area contributed by atoms with Gasteiger partial charge in [0.15, 0.2) is 0 Å². The molecule has 0 bridgehead atoms. The molecule has 0 aromatic carbocycles. The molecule has 0 saturated heterocycles. The Hall–Kier alpha value is -2.37. The zero-order valence-electron chi connectivity index (χ0n) is 9.21. The smallest absolute Gasteiger partial charge is 0.349 e. The predicted octanol–water partition coefficient (Wildman–Crippen LogP) is 0.843. The number of hydrogen-bond acceptors (Lipinski definition) is 4. The highest BCUT2D eigenvalue weighted by Gasteiger charge is 2.03. The van der Waals surface area contributed by atoms with Crippen LogP contribution in [0.15, 0.2) is 40.1 Å². The fourth-order valence-corrected chi connectivity index (χ4v) is 1.38. The van der Waals surface area contributed by atoms with Crippen molar-refractivity contribution in [1.82, 2.24) is 9.55 Å². The molecule has 0 unspecified atom stereocenters. The van der Waals surface area contributed by atoms with Gasteiger partial charge in [-0.25, -0.2) is 4.79 Å². The molecule has 0 aliphatic carbocycles. The fourth-order valence-electron chi connectivity index (χ4n) is 1.38. The SMILES string of the molecule is CC(=O)Nc1ccn(Cc2ccoc2)c(=O)n1. The van der Waals surface area contributed by atoms with E-state index in [0.29, 0.717) is 6.54 Å². The van der Waals surface area contributed by atoms with E-state index in [-0.39, 0.29) is 11.7 Å². The Morgan fingerprint density at radius 2 is 2.35 bits per heavy atom. The maximum absolute atomic E-state index is 11.6. The molecule has 2 rings (SSSR count). The lowest BCUT2D eigenvalue weighted by Crippen LogP contribution is -2.24. The monoisotopic (exact) mass is 233 g/mol. The molecule has 2 heterocycles. The maximum atomic E-state index is 11.6. The molecule has 6 nitrogen and oxygen atoms in total. The number of nitrogens with one attached hydrogen (secondary N) is 1. The third-order valence-electron chi connectivity index (χ3n) is 2.11. The number of furan rings is 1. The predicted molar refractivity (Wildman–Crippen MR) is 60.6 cm³/mol. The Bertz CT molecular complexity index is 572. The summed E-state index contributed by atoms with van der Waals surface area (Å²) in [5, 5.41) is 2.45. The molecule has 0 atom stereocenters. The molecule has 0 spiro atoms. The minimum Gasteiger partial charge on any atom is -0.472 e. The molecule has 1 amide bonds. The van der Waals surface area contributed by atoms with Crippen molar-refractivity contribution >= 4 is 11.7 Å². The van der Waals surface area contributed by atoms with Crippen molar-refractivity contribution < 1.29 is 9.21 Å². The molecule has 2 aromatic heterocycles. The van der Waals surface area contributed by atoms with E-state index in [1.165, 1.54) is 11.5 Å². The van der Waals surface area contributed by atoms with Crippen LogP contribution in [0.1, 0.15) is 12.5 Å². The summed E-state index contributed by atoms with van der Waals surface area (Å²) in [6.07, 6.45) is 4.68. The van der Waals surface area contributed by atoms with Crippen LogP contribution in [0.3, 0.4) is 0 Å². The quantitative estimate of drug-likeness (QED) is 0.852. The van der Waals surface area contributed by atoms with Gasteiger partial charge in [-0.3, -0.25) is 9.36 Å². The number of carbonyl (C=O) groups is 1. The lowest BCUT2D eigenvalue weighted by Gasteiger charge is -2.04. The van der Waals surface area contributed by atoms with E-state index in [0.717, 1.165) is 5.56 Å². The van der Waals surface area contributed by atoms with Crippen LogP contribution in [0.2, 0.25) is 0 Å². The Labute approximate surface area is 96.9 Å². The summed E-state index contributed by atoms with van der Waals surface area (Å²) in [5.41, 5.74) is 0.457. The van der Waals surface area contributed by atoms with Gasteiger partial charge in [0.25, 0.3) is 0 Å². The molecule has 1 N–H and O–H groups in total. The number of amides is 1. The Balaban J connectivity index is 2.20. The summed E-state index contributed by atoms with van der Waals surface area (Å²) in [4.78, 5) is 26.1. The first-order chi connectivity index (χ1) is 8.15. The minimum atomic E-state index is -0.419. The van der Waals surface area contributed by atoms with Crippen molar-refractivity contribution in [2.45, 2.75) is 13.5 Å². The second-order valence-electron chi connectivity index (χ2n) is 3.54. The van der Waals surface area contributed by atoms with Gasteiger partial charge in [-0.15, -0.1) is 0 Å². The second kappa shape index (κ2) is 4.65. The van der Waals surface area contributed by atoms with Crippen LogP contribution in [0.25, 0.3) is 0 Å². The molecule has 6 heteroatoms. The third-order valence-corrected chi connectivity index (χ3v) is 2.11. The highest BCUT2D eigenvalue weighted by molar-refractivity contribution is 5.87. The van der Waals surface area contributed by atoms with Gasteiger partial charge in [0, 0.05) is 18.7 Å². The average Bonchev–Trinajstić information content (AvgIpc) is 2.74. The summed E-state index contributed by atoms with van der Waals surface area (Å²) in [6, 6.07) is 3.34. The van der Waals surface area contributed by atoms with E-state index < -0.39 is 5.69 Å². The summed E-state index contributed by atoms with van der Waals surface area (Å²) in [7, 11) is 0. The van der Waals surface area contributed by atoms with Crippen LogP contribution < -0.4 is 11.0 Å². The first kappa shape index (κ1) is 11.1. The number of rotatable bonds is 3. The number of carbonyl (C=O) groups excluding carboxylic acids is 1. The number of anilines is 1. The molecule has 2 aromatic rings. The Kier molecular flexibility index (Phi) is 3.04. The Morgan fingerprint density at radius 3 is 2.94 bits per heavy atom. The van der Waals surface area contributed by atoms with Crippen molar-refractivity contribution in [3.8, 4) is 0 Å². The highest BCUT2D eigenvalue weighted by Crippen LogP contribution is 2.03. The van der Waals surface area contributed by atoms with Crippen LogP contribution >= 0.6 is 0 Å². The standard InChI is InChI=1S/C11H11N3O3/c1-8(15)12-10-2-4-14(11(16)13-10)6-9-3-5-17-7-9/h2-5,7H,6H2,1H3,(H,12,13,15,16). The largest absolute Gasteiger partial charge is 0.472 e. The maximum Gasteiger partial charge on any atom is 0.349 e. The van der Waals surface area contributed by atoms with E-state index in [9.17, 15) is 9.59 Å². The summed E-state index contributed by atoms with van der Waals surface area (Å²) >= 11 is 0. The topological polar surface area (TPSA) is 77.1 Å². The lowest BCUT2D eigenvalue weighted by atomic mass is 10.3. The van der Waals surface area contributed by atoms with E-state index in [1.54, 1.807) is 30.9 Å². The molecule has 0 aliphatic heterocycles. The van der Waals surface area contributed by atoms with Gasteiger partial charge in [-0.2, -0.15) is 4.98 Å². The van der Waals surface area contributed by atoms with Crippen molar-refractivity contribution in [3.63, 3.8) is 0 Å².